The molecule has 1 saturated carbocycles. The molecule has 2 fully saturated rings. The number of carbonyl (C=O) groups is 2. The summed E-state index contributed by atoms with van der Waals surface area (Å²) < 4.78 is 5.26. The van der Waals surface area contributed by atoms with Crippen LogP contribution in [0.2, 0.25) is 0 Å². The Bertz CT molecular complexity index is 485. The highest BCUT2D eigenvalue weighted by Crippen LogP contribution is 2.32. The first-order chi connectivity index (χ1) is 9.24. The second-order valence-electron chi connectivity index (χ2n) is 5.18. The summed E-state index contributed by atoms with van der Waals surface area (Å²) in [6.45, 7) is 1.04. The molecule has 1 aromatic rings. The van der Waals surface area contributed by atoms with Gasteiger partial charge in [-0.2, -0.15) is 0 Å². The molecule has 1 amide bonds. The van der Waals surface area contributed by atoms with Crippen molar-refractivity contribution in [2.24, 2.45) is 5.92 Å². The molecule has 1 saturated heterocycles. The third kappa shape index (κ3) is 2.75. The lowest BCUT2D eigenvalue weighted by Crippen LogP contribution is -2.27. The first-order valence-electron chi connectivity index (χ1n) is 6.60. The van der Waals surface area contributed by atoms with Crippen LogP contribution in [0.3, 0.4) is 0 Å². The largest absolute Gasteiger partial charge is 0.462 e. The van der Waals surface area contributed by atoms with E-state index in [2.05, 4.69) is 4.98 Å². The highest BCUT2D eigenvalue weighted by molar-refractivity contribution is 5.89. The summed E-state index contributed by atoms with van der Waals surface area (Å²) in [4.78, 5) is 29.3. The predicted octanol–water partition coefficient (Wildman–Crippen LogP) is 1.25. The van der Waals surface area contributed by atoms with Crippen molar-refractivity contribution in [1.29, 1.82) is 0 Å². The van der Waals surface area contributed by atoms with E-state index in [0.29, 0.717) is 24.6 Å². The highest BCUT2D eigenvalue weighted by atomic mass is 16.5. The van der Waals surface area contributed by atoms with Gasteiger partial charge in [-0.1, -0.05) is 0 Å². The number of esters is 1. The van der Waals surface area contributed by atoms with Gasteiger partial charge in [0.1, 0.15) is 0 Å². The molecule has 1 aliphatic carbocycles. The number of amides is 1. The van der Waals surface area contributed by atoms with Crippen molar-refractivity contribution in [3.05, 3.63) is 30.1 Å². The van der Waals surface area contributed by atoms with E-state index >= 15 is 0 Å². The van der Waals surface area contributed by atoms with Crippen molar-refractivity contribution in [2.45, 2.75) is 25.3 Å². The minimum Gasteiger partial charge on any atom is -0.462 e. The normalized spacial score (nSPS) is 22.6. The van der Waals surface area contributed by atoms with E-state index in [1.807, 2.05) is 4.90 Å². The van der Waals surface area contributed by atoms with Gasteiger partial charge in [0.05, 0.1) is 12.2 Å². The van der Waals surface area contributed by atoms with Gasteiger partial charge in [-0.25, -0.2) is 4.79 Å². The maximum Gasteiger partial charge on any atom is 0.338 e. The topological polar surface area (TPSA) is 59.5 Å². The van der Waals surface area contributed by atoms with Gasteiger partial charge in [-0.15, -0.1) is 0 Å². The number of hydrogen-bond acceptors (Lipinski definition) is 4. The Morgan fingerprint density at radius 3 is 2.79 bits per heavy atom. The number of carbonyl (C=O) groups excluding carboxylic acids is 2. The fraction of sp³-hybridized carbons (Fsp3) is 0.500. The first-order valence-corrected chi connectivity index (χ1v) is 6.60. The number of nitrogens with zero attached hydrogens (tertiary/aromatic N) is 2. The maximum absolute atomic E-state index is 11.8. The fourth-order valence-electron chi connectivity index (χ4n) is 2.42. The average molecular weight is 260 g/mol. The molecule has 1 atom stereocenters. The quantitative estimate of drug-likeness (QED) is 0.764. The number of aromatic nitrogens is 1. The molecule has 100 valence electrons. The minimum absolute atomic E-state index is 0.138. The van der Waals surface area contributed by atoms with Crippen LogP contribution in [0.25, 0.3) is 0 Å². The molecule has 1 aromatic heterocycles. The monoisotopic (exact) mass is 260 g/mol. The zero-order chi connectivity index (χ0) is 13.2. The SMILES string of the molecule is O=C(OC[C@H]1CC(=O)N(C2CC2)C1)c1ccncc1. The van der Waals surface area contributed by atoms with Gasteiger partial charge in [0.15, 0.2) is 0 Å². The lowest BCUT2D eigenvalue weighted by molar-refractivity contribution is -0.128. The van der Waals surface area contributed by atoms with Gasteiger partial charge in [0.25, 0.3) is 0 Å². The van der Waals surface area contributed by atoms with Gasteiger partial charge in [-0.3, -0.25) is 9.78 Å². The lowest BCUT2D eigenvalue weighted by Gasteiger charge is -2.15. The molecule has 5 heteroatoms. The molecule has 1 aliphatic heterocycles. The summed E-state index contributed by atoms with van der Waals surface area (Å²) in [5.41, 5.74) is 0.498. The van der Waals surface area contributed by atoms with Crippen LogP contribution in [0.5, 0.6) is 0 Å². The van der Waals surface area contributed by atoms with Gasteiger partial charge in [0, 0.05) is 37.3 Å². The molecule has 0 N–H and O–H groups in total. The molecular formula is C14H16N2O3. The van der Waals surface area contributed by atoms with Gasteiger partial charge in [-0.05, 0) is 25.0 Å². The van der Waals surface area contributed by atoms with Crippen LogP contribution in [-0.4, -0.2) is 41.0 Å². The second kappa shape index (κ2) is 4.99. The summed E-state index contributed by atoms with van der Waals surface area (Å²) in [5, 5.41) is 0. The summed E-state index contributed by atoms with van der Waals surface area (Å²) in [6, 6.07) is 3.70. The van der Waals surface area contributed by atoms with Crippen LogP contribution in [0.15, 0.2) is 24.5 Å². The van der Waals surface area contributed by atoms with Crippen molar-refractivity contribution in [1.82, 2.24) is 9.88 Å². The lowest BCUT2D eigenvalue weighted by atomic mass is 10.1. The smallest absolute Gasteiger partial charge is 0.338 e. The summed E-state index contributed by atoms with van der Waals surface area (Å²) in [5.74, 6) is -0.00827. The summed E-state index contributed by atoms with van der Waals surface area (Å²) in [7, 11) is 0. The molecule has 3 rings (SSSR count). The molecule has 0 radical (unpaired) electrons. The summed E-state index contributed by atoms with van der Waals surface area (Å²) >= 11 is 0. The van der Waals surface area contributed by atoms with Gasteiger partial charge < -0.3 is 9.64 Å². The van der Waals surface area contributed by atoms with Gasteiger partial charge in [0.2, 0.25) is 5.91 Å². The standard InChI is InChI=1S/C14H16N2O3/c17-13-7-10(8-16(13)12-1-2-12)9-19-14(18)11-3-5-15-6-4-11/h3-6,10,12H,1-2,7-9H2/t10-/m0/s1. The Balaban J connectivity index is 1.50. The van der Waals surface area contributed by atoms with Crippen molar-refractivity contribution < 1.29 is 14.3 Å². The highest BCUT2D eigenvalue weighted by Gasteiger charge is 2.39. The molecule has 0 bridgehead atoms. The van der Waals surface area contributed by atoms with Crippen LogP contribution in [0.4, 0.5) is 0 Å². The van der Waals surface area contributed by atoms with Crippen LogP contribution in [-0.2, 0) is 9.53 Å². The molecule has 0 unspecified atom stereocenters. The van der Waals surface area contributed by atoms with E-state index in [0.717, 1.165) is 19.4 Å². The van der Waals surface area contributed by atoms with E-state index in [4.69, 9.17) is 4.74 Å². The Kier molecular flexibility index (Phi) is 3.19. The van der Waals surface area contributed by atoms with Crippen LogP contribution >= 0.6 is 0 Å². The van der Waals surface area contributed by atoms with E-state index in [1.54, 1.807) is 24.5 Å². The molecule has 5 nitrogen and oxygen atoms in total. The fourth-order valence-corrected chi connectivity index (χ4v) is 2.42. The van der Waals surface area contributed by atoms with Crippen molar-refractivity contribution >= 4 is 11.9 Å². The Labute approximate surface area is 111 Å². The van der Waals surface area contributed by atoms with E-state index < -0.39 is 0 Å². The van der Waals surface area contributed by atoms with E-state index in [9.17, 15) is 9.59 Å². The van der Waals surface area contributed by atoms with Crippen LogP contribution in [0, 0.1) is 5.92 Å². The zero-order valence-corrected chi connectivity index (χ0v) is 10.6. The number of rotatable bonds is 4. The molecule has 2 heterocycles. The van der Waals surface area contributed by atoms with E-state index in [1.165, 1.54) is 0 Å². The number of pyridine rings is 1. The number of hydrogen-bond donors (Lipinski definition) is 0. The number of ether oxygens (including phenoxy) is 1. The maximum atomic E-state index is 11.8. The Hall–Kier alpha value is -1.91. The summed E-state index contributed by atoms with van der Waals surface area (Å²) in [6.07, 6.45) is 5.86. The average Bonchev–Trinajstić information content (AvgIpc) is 3.21. The van der Waals surface area contributed by atoms with Crippen molar-refractivity contribution in [3.8, 4) is 0 Å². The minimum atomic E-state index is -0.347. The first kappa shape index (κ1) is 12.1. The Morgan fingerprint density at radius 2 is 2.11 bits per heavy atom. The molecular weight excluding hydrogens is 244 g/mol. The Morgan fingerprint density at radius 1 is 1.37 bits per heavy atom. The predicted molar refractivity (Wildman–Crippen MR) is 67.4 cm³/mol. The third-order valence-electron chi connectivity index (χ3n) is 3.59. The number of likely N-dealkylation sites (tertiary alicyclic amines) is 1. The van der Waals surface area contributed by atoms with Crippen LogP contribution < -0.4 is 0 Å². The van der Waals surface area contributed by atoms with Crippen molar-refractivity contribution in [2.75, 3.05) is 13.2 Å². The molecule has 2 aliphatic rings. The van der Waals surface area contributed by atoms with Gasteiger partial charge >= 0.3 is 5.97 Å². The molecule has 0 aromatic carbocycles. The van der Waals surface area contributed by atoms with Crippen molar-refractivity contribution in [3.63, 3.8) is 0 Å². The molecule has 0 spiro atoms. The molecule has 19 heavy (non-hydrogen) atoms. The third-order valence-corrected chi connectivity index (χ3v) is 3.59. The zero-order valence-electron chi connectivity index (χ0n) is 10.6. The van der Waals surface area contributed by atoms with E-state index in [-0.39, 0.29) is 17.8 Å². The van der Waals surface area contributed by atoms with Crippen LogP contribution in [0.1, 0.15) is 29.6 Å². The second-order valence-corrected chi connectivity index (χ2v) is 5.18.